The molecule has 0 fully saturated rings. The van der Waals surface area contributed by atoms with Crippen LogP contribution in [0.1, 0.15) is 19.5 Å². The van der Waals surface area contributed by atoms with Gasteiger partial charge in [0.15, 0.2) is 11.4 Å². The fraction of sp³-hybridized carbons (Fsp3) is 0.0625. The van der Waals surface area contributed by atoms with Crippen molar-refractivity contribution in [2.45, 2.75) is 13.8 Å². The lowest BCUT2D eigenvalue weighted by molar-refractivity contribution is 0.664. The number of para-hydroxylation sites is 1. The number of rotatable bonds is 4. The molecule has 0 saturated heterocycles. The van der Waals surface area contributed by atoms with E-state index in [2.05, 4.69) is 91.9 Å². The average Bonchev–Trinajstić information content (AvgIpc) is 3.31. The smallest absolute Gasteiger partial charge is 0.179 e. The second-order valence-corrected chi connectivity index (χ2v) is 8.67. The predicted molar refractivity (Wildman–Crippen MR) is 145 cm³/mol. The molecule has 2 aromatic heterocycles. The number of furan rings is 1. The Bertz CT molecular complexity index is 1710. The Morgan fingerprint density at radius 2 is 1.26 bits per heavy atom. The van der Waals surface area contributed by atoms with Crippen molar-refractivity contribution in [2.24, 2.45) is 0 Å². The van der Waals surface area contributed by atoms with Crippen LogP contribution in [0.4, 0.5) is 0 Å². The lowest BCUT2D eigenvalue weighted by Crippen LogP contribution is -1.96. The van der Waals surface area contributed by atoms with Gasteiger partial charge in [0.1, 0.15) is 16.8 Å². The number of fused-ring (bicyclic) bond motifs is 3. The van der Waals surface area contributed by atoms with Gasteiger partial charge >= 0.3 is 0 Å². The zero-order chi connectivity index (χ0) is 23.8. The van der Waals surface area contributed by atoms with Gasteiger partial charge in [-0.3, -0.25) is 0 Å². The van der Waals surface area contributed by atoms with Gasteiger partial charge in [-0.15, -0.1) is 0 Å². The van der Waals surface area contributed by atoms with Crippen LogP contribution in [0.3, 0.4) is 0 Å². The molecule has 0 radical (unpaired) electrons. The van der Waals surface area contributed by atoms with Gasteiger partial charge in [0, 0.05) is 10.9 Å². The van der Waals surface area contributed by atoms with E-state index in [-0.39, 0.29) is 0 Å². The van der Waals surface area contributed by atoms with Crippen molar-refractivity contribution >= 4 is 27.6 Å². The highest BCUT2D eigenvalue weighted by atomic mass is 16.3. The van der Waals surface area contributed by atoms with E-state index >= 15 is 0 Å². The summed E-state index contributed by atoms with van der Waals surface area (Å²) in [5.74, 6) is 0.696. The average molecular weight is 453 g/mol. The third kappa shape index (κ3) is 3.81. The lowest BCUT2D eigenvalue weighted by atomic mass is 9.98. The molecule has 0 spiro atoms. The minimum Gasteiger partial charge on any atom is -0.452 e. The Hall–Kier alpha value is -4.50. The standard InChI is InChI=1S/C32H24N2O/c1-3-21(2)29-31-30(27-17-7-8-18-28(27)35-31)34-32(33-29)26-16-10-15-25(20-26)24-14-9-13-23(19-24)22-11-5-4-6-12-22/h3-20H,1-2H3/b21-3+. The summed E-state index contributed by atoms with van der Waals surface area (Å²) in [6.07, 6.45) is 2.06. The Balaban J connectivity index is 1.50. The largest absolute Gasteiger partial charge is 0.452 e. The van der Waals surface area contributed by atoms with Crippen LogP contribution in [-0.2, 0) is 0 Å². The molecule has 0 saturated carbocycles. The van der Waals surface area contributed by atoms with Crippen molar-refractivity contribution in [2.75, 3.05) is 0 Å². The molecule has 0 aliphatic carbocycles. The van der Waals surface area contributed by atoms with Crippen LogP contribution in [0.2, 0.25) is 0 Å². The maximum absolute atomic E-state index is 6.18. The van der Waals surface area contributed by atoms with Crippen molar-refractivity contribution in [1.82, 2.24) is 9.97 Å². The van der Waals surface area contributed by atoms with Crippen molar-refractivity contribution in [3.05, 3.63) is 115 Å². The molecule has 3 nitrogen and oxygen atoms in total. The first-order chi connectivity index (χ1) is 17.2. The van der Waals surface area contributed by atoms with Gasteiger partial charge in [0.2, 0.25) is 0 Å². The molecule has 6 rings (SSSR count). The van der Waals surface area contributed by atoms with E-state index < -0.39 is 0 Å². The van der Waals surface area contributed by atoms with Crippen LogP contribution in [0.25, 0.3) is 61.3 Å². The fourth-order valence-electron chi connectivity index (χ4n) is 4.47. The SMILES string of the molecule is C/C=C(\C)c1nc(-c2cccc(-c3cccc(-c4ccccc4)c3)c2)nc2c1oc1ccccc12. The van der Waals surface area contributed by atoms with Crippen molar-refractivity contribution < 1.29 is 4.42 Å². The maximum Gasteiger partial charge on any atom is 0.179 e. The Morgan fingerprint density at radius 3 is 2.00 bits per heavy atom. The number of nitrogens with zero attached hydrogens (tertiary/aromatic N) is 2. The molecule has 0 aliphatic heterocycles. The van der Waals surface area contributed by atoms with E-state index in [1.165, 1.54) is 11.1 Å². The van der Waals surface area contributed by atoms with Crippen LogP contribution in [0, 0.1) is 0 Å². The third-order valence-corrected chi connectivity index (χ3v) is 6.45. The highest BCUT2D eigenvalue weighted by Gasteiger charge is 2.17. The maximum atomic E-state index is 6.18. The molecule has 4 aromatic carbocycles. The van der Waals surface area contributed by atoms with Crippen molar-refractivity contribution in [1.29, 1.82) is 0 Å². The molecule has 0 amide bonds. The quantitative estimate of drug-likeness (QED) is 0.268. The highest BCUT2D eigenvalue weighted by Crippen LogP contribution is 2.34. The second-order valence-electron chi connectivity index (χ2n) is 8.67. The summed E-state index contributed by atoms with van der Waals surface area (Å²) in [6, 6.07) is 35.6. The number of benzene rings is 4. The summed E-state index contributed by atoms with van der Waals surface area (Å²) < 4.78 is 6.18. The summed E-state index contributed by atoms with van der Waals surface area (Å²) >= 11 is 0. The lowest BCUT2D eigenvalue weighted by Gasteiger charge is -2.09. The van der Waals surface area contributed by atoms with Gasteiger partial charge in [0.05, 0.1) is 0 Å². The number of allylic oxidation sites excluding steroid dienone is 2. The van der Waals surface area contributed by atoms with Crippen LogP contribution >= 0.6 is 0 Å². The Labute approximate surface area is 204 Å². The predicted octanol–water partition coefficient (Wildman–Crippen LogP) is 8.80. The fourth-order valence-corrected chi connectivity index (χ4v) is 4.47. The number of aromatic nitrogens is 2. The minimum atomic E-state index is 0.696. The zero-order valence-electron chi connectivity index (χ0n) is 19.7. The Kier molecular flexibility index (Phi) is 5.23. The van der Waals surface area contributed by atoms with Gasteiger partial charge in [-0.2, -0.15) is 0 Å². The number of hydrogen-bond donors (Lipinski definition) is 0. The first kappa shape index (κ1) is 21.1. The summed E-state index contributed by atoms with van der Waals surface area (Å²) in [6.45, 7) is 4.08. The monoisotopic (exact) mass is 452 g/mol. The molecular formula is C32H24N2O. The number of hydrogen-bond acceptors (Lipinski definition) is 3. The van der Waals surface area contributed by atoms with Gasteiger partial charge in [-0.1, -0.05) is 84.9 Å². The highest BCUT2D eigenvalue weighted by molar-refractivity contribution is 6.05. The van der Waals surface area contributed by atoms with E-state index in [9.17, 15) is 0 Å². The second kappa shape index (κ2) is 8.69. The summed E-state index contributed by atoms with van der Waals surface area (Å²) in [7, 11) is 0. The van der Waals surface area contributed by atoms with Gasteiger partial charge < -0.3 is 4.42 Å². The van der Waals surface area contributed by atoms with Gasteiger partial charge in [-0.05, 0) is 65.9 Å². The first-order valence-electron chi connectivity index (χ1n) is 11.8. The first-order valence-corrected chi connectivity index (χ1v) is 11.8. The third-order valence-electron chi connectivity index (χ3n) is 6.45. The molecule has 0 N–H and O–H groups in total. The van der Waals surface area contributed by atoms with Crippen LogP contribution in [0.15, 0.2) is 114 Å². The minimum absolute atomic E-state index is 0.696. The molecule has 0 bridgehead atoms. The van der Waals surface area contributed by atoms with Crippen LogP contribution in [-0.4, -0.2) is 9.97 Å². The molecule has 0 unspecified atom stereocenters. The molecular weight excluding hydrogens is 428 g/mol. The topological polar surface area (TPSA) is 38.9 Å². The van der Waals surface area contributed by atoms with Gasteiger partial charge in [0.25, 0.3) is 0 Å². The van der Waals surface area contributed by atoms with Crippen LogP contribution in [0.5, 0.6) is 0 Å². The van der Waals surface area contributed by atoms with E-state index in [1.54, 1.807) is 0 Å². The van der Waals surface area contributed by atoms with E-state index in [0.717, 1.165) is 50.0 Å². The molecule has 0 aliphatic rings. The molecule has 35 heavy (non-hydrogen) atoms. The summed E-state index contributed by atoms with van der Waals surface area (Å²) in [5.41, 5.74) is 9.97. The summed E-state index contributed by atoms with van der Waals surface area (Å²) in [4.78, 5) is 9.94. The van der Waals surface area contributed by atoms with E-state index in [0.29, 0.717) is 5.82 Å². The van der Waals surface area contributed by atoms with Crippen LogP contribution < -0.4 is 0 Å². The molecule has 2 heterocycles. The van der Waals surface area contributed by atoms with Crippen molar-refractivity contribution in [3.63, 3.8) is 0 Å². The molecule has 168 valence electrons. The Morgan fingerprint density at radius 1 is 0.657 bits per heavy atom. The molecule has 6 aromatic rings. The molecule has 3 heteroatoms. The van der Waals surface area contributed by atoms with Crippen molar-refractivity contribution in [3.8, 4) is 33.6 Å². The molecule has 0 atom stereocenters. The van der Waals surface area contributed by atoms with Gasteiger partial charge in [-0.25, -0.2) is 9.97 Å². The van der Waals surface area contributed by atoms with E-state index in [1.807, 2.05) is 31.2 Å². The zero-order valence-corrected chi connectivity index (χ0v) is 19.7. The normalized spacial score (nSPS) is 11.9. The summed E-state index contributed by atoms with van der Waals surface area (Å²) in [5, 5.41) is 1.00. The van der Waals surface area contributed by atoms with E-state index in [4.69, 9.17) is 14.4 Å².